The van der Waals surface area contributed by atoms with E-state index in [4.69, 9.17) is 4.74 Å². The first-order valence-corrected chi connectivity index (χ1v) is 11.7. The normalized spacial score (nSPS) is 17.3. The Bertz CT molecular complexity index is 1150. The Morgan fingerprint density at radius 2 is 2.00 bits per heavy atom. The number of nitrogens with zero attached hydrogens (tertiary/aromatic N) is 4. The van der Waals surface area contributed by atoms with E-state index in [1.165, 1.54) is 5.56 Å². The van der Waals surface area contributed by atoms with Gasteiger partial charge in [-0.15, -0.1) is 0 Å². The topological polar surface area (TPSA) is 72.3 Å². The van der Waals surface area contributed by atoms with Crippen molar-refractivity contribution in [2.45, 2.75) is 51.7 Å². The third kappa shape index (κ3) is 4.69. The van der Waals surface area contributed by atoms with Crippen LogP contribution >= 0.6 is 0 Å². The summed E-state index contributed by atoms with van der Waals surface area (Å²) in [6.07, 6.45) is 8.11. The molecular weight excluding hydrogens is 402 g/mol. The molecule has 0 unspecified atom stereocenters. The van der Waals surface area contributed by atoms with E-state index in [-0.39, 0.29) is 5.56 Å². The van der Waals surface area contributed by atoms with Crippen molar-refractivity contribution in [1.82, 2.24) is 24.8 Å². The van der Waals surface area contributed by atoms with Crippen molar-refractivity contribution in [3.05, 3.63) is 63.8 Å². The number of aryl methyl sites for hydroxylation is 2. The molecule has 0 atom stereocenters. The van der Waals surface area contributed by atoms with E-state index in [1.54, 1.807) is 6.07 Å². The highest BCUT2D eigenvalue weighted by Gasteiger charge is 2.19. The van der Waals surface area contributed by atoms with Gasteiger partial charge in [0.2, 0.25) is 0 Å². The van der Waals surface area contributed by atoms with Crippen LogP contribution in [0.5, 0.6) is 5.75 Å². The molecule has 0 radical (unpaired) electrons. The van der Waals surface area contributed by atoms with Crippen molar-refractivity contribution < 1.29 is 4.74 Å². The summed E-state index contributed by atoms with van der Waals surface area (Å²) in [4.78, 5) is 24.0. The molecular formula is C25H31N5O2. The molecule has 5 heterocycles. The van der Waals surface area contributed by atoms with E-state index in [1.807, 2.05) is 30.0 Å². The second-order valence-electron chi connectivity index (χ2n) is 8.97. The summed E-state index contributed by atoms with van der Waals surface area (Å²) in [5.74, 6) is 0.949. The Balaban J connectivity index is 1.13. The summed E-state index contributed by atoms with van der Waals surface area (Å²) in [5, 5.41) is 3.69. The summed E-state index contributed by atoms with van der Waals surface area (Å²) in [6, 6.07) is 8.19. The molecule has 1 fully saturated rings. The van der Waals surface area contributed by atoms with E-state index in [9.17, 15) is 4.79 Å². The molecule has 0 spiro atoms. The maximum Gasteiger partial charge on any atom is 0.251 e. The lowest BCUT2D eigenvalue weighted by Gasteiger charge is -2.32. The highest BCUT2D eigenvalue weighted by atomic mass is 16.5. The zero-order valence-corrected chi connectivity index (χ0v) is 18.7. The van der Waals surface area contributed by atoms with E-state index in [0.717, 1.165) is 86.5 Å². The van der Waals surface area contributed by atoms with Crippen molar-refractivity contribution in [1.29, 1.82) is 0 Å². The lowest BCUT2D eigenvalue weighted by Crippen LogP contribution is -2.43. The third-order valence-corrected chi connectivity index (χ3v) is 6.63. The van der Waals surface area contributed by atoms with Crippen LogP contribution in [0.25, 0.3) is 11.0 Å². The minimum Gasteiger partial charge on any atom is -0.492 e. The Morgan fingerprint density at radius 1 is 1.12 bits per heavy atom. The van der Waals surface area contributed by atoms with Gasteiger partial charge < -0.3 is 19.5 Å². The van der Waals surface area contributed by atoms with E-state index in [0.29, 0.717) is 12.6 Å². The minimum atomic E-state index is 0.0457. The van der Waals surface area contributed by atoms with E-state index < -0.39 is 0 Å². The fraction of sp³-hybridized carbons (Fsp3) is 0.480. The lowest BCUT2D eigenvalue weighted by molar-refractivity contribution is 0.191. The molecule has 5 rings (SSSR count). The van der Waals surface area contributed by atoms with Gasteiger partial charge in [-0.2, -0.15) is 0 Å². The molecule has 1 N–H and O–H groups in total. The monoisotopic (exact) mass is 433 g/mol. The SMILES string of the molecule is Cc1cnc2ccc(=O)n(CCN3CCC(NCc4cc5c(cn4)OCCC5)CC3)c2c1. The highest BCUT2D eigenvalue weighted by molar-refractivity contribution is 5.74. The fourth-order valence-corrected chi connectivity index (χ4v) is 4.75. The van der Waals surface area contributed by atoms with Gasteiger partial charge in [-0.25, -0.2) is 0 Å². The summed E-state index contributed by atoms with van der Waals surface area (Å²) >= 11 is 0. The highest BCUT2D eigenvalue weighted by Crippen LogP contribution is 2.24. The van der Waals surface area contributed by atoms with Crippen molar-refractivity contribution in [2.75, 3.05) is 26.2 Å². The van der Waals surface area contributed by atoms with Crippen LogP contribution in [0, 0.1) is 6.92 Å². The molecule has 0 bridgehead atoms. The van der Waals surface area contributed by atoms with Gasteiger partial charge in [0.25, 0.3) is 5.56 Å². The predicted octanol–water partition coefficient (Wildman–Crippen LogP) is 2.68. The average molecular weight is 434 g/mol. The number of fused-ring (bicyclic) bond motifs is 2. The first-order chi connectivity index (χ1) is 15.7. The molecule has 3 aromatic rings. The van der Waals surface area contributed by atoms with Crippen LogP contribution in [-0.4, -0.2) is 51.7 Å². The quantitative estimate of drug-likeness (QED) is 0.645. The number of nitrogens with one attached hydrogen (secondary N) is 1. The first kappa shape index (κ1) is 21.1. The van der Waals surface area contributed by atoms with Crippen LogP contribution in [-0.2, 0) is 19.5 Å². The number of piperidine rings is 1. The van der Waals surface area contributed by atoms with Crippen LogP contribution in [0.15, 0.2) is 41.5 Å². The number of hydrogen-bond acceptors (Lipinski definition) is 6. The molecule has 0 saturated carbocycles. The van der Waals surface area contributed by atoms with E-state index in [2.05, 4.69) is 32.3 Å². The van der Waals surface area contributed by atoms with Crippen molar-refractivity contribution in [2.24, 2.45) is 0 Å². The number of ether oxygens (including phenoxy) is 1. The molecule has 168 valence electrons. The third-order valence-electron chi connectivity index (χ3n) is 6.63. The Morgan fingerprint density at radius 3 is 2.88 bits per heavy atom. The summed E-state index contributed by atoms with van der Waals surface area (Å²) in [6.45, 7) is 7.28. The summed E-state index contributed by atoms with van der Waals surface area (Å²) in [7, 11) is 0. The predicted molar refractivity (Wildman–Crippen MR) is 125 cm³/mol. The Labute approximate surface area is 188 Å². The Kier molecular flexibility index (Phi) is 6.19. The number of aromatic nitrogens is 3. The zero-order valence-electron chi connectivity index (χ0n) is 18.7. The van der Waals surface area contributed by atoms with Gasteiger partial charge in [-0.1, -0.05) is 0 Å². The largest absolute Gasteiger partial charge is 0.492 e. The molecule has 2 aliphatic rings. The van der Waals surface area contributed by atoms with Gasteiger partial charge in [0.1, 0.15) is 5.75 Å². The molecule has 0 aromatic carbocycles. The molecule has 3 aromatic heterocycles. The average Bonchev–Trinajstić information content (AvgIpc) is 2.82. The fourth-order valence-electron chi connectivity index (χ4n) is 4.75. The van der Waals surface area contributed by atoms with Crippen molar-refractivity contribution >= 4 is 11.0 Å². The van der Waals surface area contributed by atoms with Crippen molar-refractivity contribution in [3.63, 3.8) is 0 Å². The van der Waals surface area contributed by atoms with Crippen LogP contribution in [0.1, 0.15) is 36.1 Å². The smallest absolute Gasteiger partial charge is 0.251 e. The van der Waals surface area contributed by atoms with Gasteiger partial charge in [0, 0.05) is 37.9 Å². The number of rotatable bonds is 6. The molecule has 1 saturated heterocycles. The zero-order chi connectivity index (χ0) is 21.9. The number of pyridine rings is 3. The van der Waals surface area contributed by atoms with Gasteiger partial charge in [0.15, 0.2) is 0 Å². The van der Waals surface area contributed by atoms with Crippen LogP contribution in [0.2, 0.25) is 0 Å². The van der Waals surface area contributed by atoms with Gasteiger partial charge in [-0.3, -0.25) is 14.8 Å². The van der Waals surface area contributed by atoms with Crippen molar-refractivity contribution in [3.8, 4) is 5.75 Å². The Hall–Kier alpha value is -2.77. The number of hydrogen-bond donors (Lipinski definition) is 1. The summed E-state index contributed by atoms with van der Waals surface area (Å²) < 4.78 is 7.53. The molecule has 7 heteroatoms. The van der Waals surface area contributed by atoms with Crippen LogP contribution in [0.3, 0.4) is 0 Å². The van der Waals surface area contributed by atoms with Crippen LogP contribution < -0.4 is 15.6 Å². The molecule has 32 heavy (non-hydrogen) atoms. The molecule has 0 amide bonds. The maximum atomic E-state index is 12.5. The summed E-state index contributed by atoms with van der Waals surface area (Å²) in [5.41, 5.74) is 5.30. The minimum absolute atomic E-state index is 0.0457. The maximum absolute atomic E-state index is 12.5. The molecule has 2 aliphatic heterocycles. The van der Waals surface area contributed by atoms with Crippen LogP contribution in [0.4, 0.5) is 0 Å². The standard InChI is InChI=1S/C25H31N5O2/c1-18-13-23-22(28-15-18)4-5-25(31)30(23)11-10-29-8-6-20(7-9-29)26-16-21-14-19-3-2-12-32-24(19)17-27-21/h4-5,13-15,17,20,26H,2-3,6-12,16H2,1H3. The first-order valence-electron chi connectivity index (χ1n) is 11.7. The lowest BCUT2D eigenvalue weighted by atomic mass is 10.0. The van der Waals surface area contributed by atoms with E-state index >= 15 is 0 Å². The second-order valence-corrected chi connectivity index (χ2v) is 8.97. The van der Waals surface area contributed by atoms with Gasteiger partial charge in [0.05, 0.1) is 29.5 Å². The van der Waals surface area contributed by atoms with Gasteiger partial charge in [-0.05, 0) is 75.0 Å². The molecule has 0 aliphatic carbocycles. The number of likely N-dealkylation sites (tertiary alicyclic amines) is 1. The molecule has 7 nitrogen and oxygen atoms in total. The van der Waals surface area contributed by atoms with Gasteiger partial charge >= 0.3 is 0 Å². The second kappa shape index (κ2) is 9.38.